The van der Waals surface area contributed by atoms with E-state index in [1.54, 1.807) is 7.05 Å². The summed E-state index contributed by atoms with van der Waals surface area (Å²) in [5.74, 6) is -1.27. The maximum atomic E-state index is 12.0. The van der Waals surface area contributed by atoms with E-state index in [-0.39, 0.29) is 18.9 Å². The predicted octanol–water partition coefficient (Wildman–Crippen LogP) is 0.487. The van der Waals surface area contributed by atoms with E-state index in [0.29, 0.717) is 26.1 Å². The number of amides is 1. The smallest absolute Gasteiger partial charge is 0.309 e. The highest BCUT2D eigenvalue weighted by atomic mass is 16.5. The first-order valence-electron chi connectivity index (χ1n) is 6.44. The van der Waals surface area contributed by atoms with Crippen molar-refractivity contribution >= 4 is 11.9 Å². The van der Waals surface area contributed by atoms with Crippen LogP contribution in [0, 0.1) is 5.41 Å². The number of rotatable bonds is 5. The van der Waals surface area contributed by atoms with Crippen LogP contribution in [-0.4, -0.2) is 59.4 Å². The van der Waals surface area contributed by atoms with Crippen LogP contribution in [0.5, 0.6) is 0 Å². The van der Waals surface area contributed by atoms with Gasteiger partial charge in [-0.1, -0.05) is 0 Å². The van der Waals surface area contributed by atoms with Gasteiger partial charge in [-0.3, -0.25) is 9.59 Å². The molecule has 2 N–H and O–H groups in total. The quantitative estimate of drug-likeness (QED) is 0.761. The molecule has 1 rings (SSSR count). The summed E-state index contributed by atoms with van der Waals surface area (Å²) in [5, 5.41) is 19.3. The molecule has 1 fully saturated rings. The molecule has 0 unspecified atom stereocenters. The zero-order valence-electron chi connectivity index (χ0n) is 11.8. The van der Waals surface area contributed by atoms with Gasteiger partial charge in [0.2, 0.25) is 5.91 Å². The molecule has 6 nitrogen and oxygen atoms in total. The molecule has 1 saturated heterocycles. The van der Waals surface area contributed by atoms with E-state index >= 15 is 0 Å². The number of aliphatic carboxylic acids is 1. The summed E-state index contributed by atoms with van der Waals surface area (Å²) in [4.78, 5) is 24.4. The fraction of sp³-hybridized carbons (Fsp3) is 0.846. The highest BCUT2D eigenvalue weighted by molar-refractivity contribution is 5.84. The van der Waals surface area contributed by atoms with Gasteiger partial charge in [-0.25, -0.2) is 0 Å². The number of carbonyl (C=O) groups excluding carboxylic acids is 1. The minimum Gasteiger partial charge on any atom is -0.481 e. The van der Waals surface area contributed by atoms with E-state index in [2.05, 4.69) is 0 Å². The molecule has 1 aliphatic rings. The first-order chi connectivity index (χ1) is 8.66. The largest absolute Gasteiger partial charge is 0.481 e. The highest BCUT2D eigenvalue weighted by Crippen LogP contribution is 2.24. The third kappa shape index (κ3) is 4.47. The Hall–Kier alpha value is -1.14. The average molecular weight is 273 g/mol. The molecule has 110 valence electrons. The molecule has 0 saturated carbocycles. The number of ether oxygens (including phenoxy) is 1. The second kappa shape index (κ2) is 5.88. The van der Waals surface area contributed by atoms with Gasteiger partial charge in [-0.05, 0) is 13.8 Å². The molecule has 0 aromatic heterocycles. The summed E-state index contributed by atoms with van der Waals surface area (Å²) in [6, 6.07) is 0. The van der Waals surface area contributed by atoms with Gasteiger partial charge in [0.15, 0.2) is 0 Å². The number of nitrogens with zero attached hydrogens (tertiary/aromatic N) is 1. The van der Waals surface area contributed by atoms with Gasteiger partial charge in [0.05, 0.1) is 11.0 Å². The second-order valence-electron chi connectivity index (χ2n) is 5.95. The summed E-state index contributed by atoms with van der Waals surface area (Å²) >= 11 is 0. The number of hydrogen-bond donors (Lipinski definition) is 2. The number of aliphatic hydroxyl groups is 1. The van der Waals surface area contributed by atoms with Crippen molar-refractivity contribution in [3.05, 3.63) is 0 Å². The number of carboxylic acid groups (broad SMARTS) is 1. The van der Waals surface area contributed by atoms with Gasteiger partial charge < -0.3 is 19.8 Å². The summed E-state index contributed by atoms with van der Waals surface area (Å²) in [7, 11) is 1.59. The number of carbonyl (C=O) groups is 2. The van der Waals surface area contributed by atoms with Crippen molar-refractivity contribution in [1.82, 2.24) is 4.90 Å². The van der Waals surface area contributed by atoms with Crippen LogP contribution in [0.2, 0.25) is 0 Å². The molecule has 0 aromatic carbocycles. The number of hydrogen-bond acceptors (Lipinski definition) is 4. The molecule has 1 heterocycles. The van der Waals surface area contributed by atoms with E-state index in [9.17, 15) is 14.7 Å². The lowest BCUT2D eigenvalue weighted by molar-refractivity contribution is -0.152. The van der Waals surface area contributed by atoms with Crippen LogP contribution in [0.3, 0.4) is 0 Å². The van der Waals surface area contributed by atoms with Crippen LogP contribution in [0.4, 0.5) is 0 Å². The monoisotopic (exact) mass is 273 g/mol. The second-order valence-corrected chi connectivity index (χ2v) is 5.95. The molecule has 0 spiro atoms. The Balaban J connectivity index is 2.55. The topological polar surface area (TPSA) is 87.1 Å². The fourth-order valence-electron chi connectivity index (χ4n) is 2.03. The lowest BCUT2D eigenvalue weighted by Crippen LogP contribution is -2.48. The highest BCUT2D eigenvalue weighted by Gasteiger charge is 2.35. The van der Waals surface area contributed by atoms with Crippen molar-refractivity contribution in [2.75, 3.05) is 26.8 Å². The van der Waals surface area contributed by atoms with E-state index in [1.165, 1.54) is 18.7 Å². The zero-order chi connectivity index (χ0) is 14.7. The van der Waals surface area contributed by atoms with Crippen LogP contribution in [0.15, 0.2) is 0 Å². The van der Waals surface area contributed by atoms with Gasteiger partial charge in [-0.15, -0.1) is 0 Å². The van der Waals surface area contributed by atoms with Crippen LogP contribution in [0.1, 0.15) is 33.1 Å². The first-order valence-corrected chi connectivity index (χ1v) is 6.44. The third-order valence-corrected chi connectivity index (χ3v) is 3.55. The molecule has 1 amide bonds. The summed E-state index contributed by atoms with van der Waals surface area (Å²) in [6.45, 7) is 4.22. The Morgan fingerprint density at radius 1 is 1.32 bits per heavy atom. The van der Waals surface area contributed by atoms with Crippen molar-refractivity contribution in [3.8, 4) is 0 Å². The fourth-order valence-corrected chi connectivity index (χ4v) is 2.03. The average Bonchev–Trinajstić information content (AvgIpc) is 2.28. The van der Waals surface area contributed by atoms with Crippen LogP contribution < -0.4 is 0 Å². The molecule has 0 aliphatic carbocycles. The van der Waals surface area contributed by atoms with E-state index in [0.717, 1.165) is 0 Å². The molecule has 0 radical (unpaired) electrons. The Morgan fingerprint density at radius 3 is 2.32 bits per heavy atom. The molecule has 1 aliphatic heterocycles. The maximum absolute atomic E-state index is 12.0. The van der Waals surface area contributed by atoms with Crippen molar-refractivity contribution < 1.29 is 24.5 Å². The van der Waals surface area contributed by atoms with Crippen LogP contribution in [0.25, 0.3) is 0 Å². The van der Waals surface area contributed by atoms with Crippen molar-refractivity contribution in [1.29, 1.82) is 0 Å². The van der Waals surface area contributed by atoms with Crippen LogP contribution in [-0.2, 0) is 14.3 Å². The van der Waals surface area contributed by atoms with E-state index in [1.807, 2.05) is 0 Å². The van der Waals surface area contributed by atoms with Gasteiger partial charge in [0.25, 0.3) is 0 Å². The van der Waals surface area contributed by atoms with Gasteiger partial charge in [0.1, 0.15) is 0 Å². The Bertz CT molecular complexity index is 347. The SMILES string of the molecule is CN(CC1(O)CCOCC1)C(=O)CC(C)(C)C(=O)O. The summed E-state index contributed by atoms with van der Waals surface area (Å²) in [6.07, 6.45) is 0.908. The molecule has 0 aromatic rings. The van der Waals surface area contributed by atoms with Crippen molar-refractivity contribution in [3.63, 3.8) is 0 Å². The van der Waals surface area contributed by atoms with Gasteiger partial charge in [0, 0.05) is 46.1 Å². The van der Waals surface area contributed by atoms with Gasteiger partial charge >= 0.3 is 5.97 Å². The lowest BCUT2D eigenvalue weighted by Gasteiger charge is -2.36. The third-order valence-electron chi connectivity index (χ3n) is 3.55. The van der Waals surface area contributed by atoms with Crippen molar-refractivity contribution in [2.24, 2.45) is 5.41 Å². The Labute approximate surface area is 113 Å². The minimum atomic E-state index is -1.09. The molecule has 0 bridgehead atoms. The number of likely N-dealkylation sites (N-methyl/N-ethyl adjacent to an activating group) is 1. The van der Waals surface area contributed by atoms with Gasteiger partial charge in [-0.2, -0.15) is 0 Å². The Kier molecular flexibility index (Phi) is 4.92. The van der Waals surface area contributed by atoms with E-state index in [4.69, 9.17) is 9.84 Å². The molecule has 0 atom stereocenters. The Morgan fingerprint density at radius 2 is 1.84 bits per heavy atom. The molecular formula is C13H23NO5. The normalized spacial score (nSPS) is 18.9. The first kappa shape index (κ1) is 15.9. The molecule has 19 heavy (non-hydrogen) atoms. The number of carboxylic acids is 1. The molecule has 6 heteroatoms. The van der Waals surface area contributed by atoms with Crippen molar-refractivity contribution in [2.45, 2.75) is 38.7 Å². The standard InChI is InChI=1S/C13H23NO5/c1-12(2,11(16)17)8-10(15)14(3)9-13(18)4-6-19-7-5-13/h18H,4-9H2,1-3H3,(H,16,17). The lowest BCUT2D eigenvalue weighted by atomic mass is 9.88. The maximum Gasteiger partial charge on any atom is 0.309 e. The van der Waals surface area contributed by atoms with E-state index < -0.39 is 17.0 Å². The van der Waals surface area contributed by atoms with Crippen LogP contribution >= 0.6 is 0 Å². The zero-order valence-corrected chi connectivity index (χ0v) is 11.8. The summed E-state index contributed by atoms with van der Waals surface area (Å²) < 4.78 is 5.18. The minimum absolute atomic E-state index is 0.0780. The summed E-state index contributed by atoms with van der Waals surface area (Å²) in [5.41, 5.74) is -2.01. The molecular weight excluding hydrogens is 250 g/mol. The predicted molar refractivity (Wildman–Crippen MR) is 68.7 cm³/mol.